The quantitative estimate of drug-likeness (QED) is 0.306. The Morgan fingerprint density at radius 1 is 1.21 bits per heavy atom. The maximum atomic E-state index is 12.9. The maximum absolute atomic E-state index is 12.9. The van der Waals surface area contributed by atoms with Crippen LogP contribution in [-0.4, -0.2) is 34.8 Å². The van der Waals surface area contributed by atoms with E-state index in [4.69, 9.17) is 0 Å². The van der Waals surface area contributed by atoms with Crippen molar-refractivity contribution in [3.8, 4) is 0 Å². The Labute approximate surface area is 167 Å². The third-order valence-electron chi connectivity index (χ3n) is 5.15. The predicted octanol–water partition coefficient (Wildman–Crippen LogP) is 3.10. The number of Topliss-reactive ketones (excluding diaryl/α,β-unsaturated/α-hetero) is 1. The van der Waals surface area contributed by atoms with Crippen molar-refractivity contribution in [3.05, 3.63) is 76.1 Å². The molecule has 28 heavy (non-hydrogen) atoms. The molecule has 0 aliphatic heterocycles. The zero-order chi connectivity index (χ0) is 19.4. The molecule has 5 nitrogen and oxygen atoms in total. The van der Waals surface area contributed by atoms with E-state index >= 15 is 0 Å². The normalized spacial score (nSPS) is 15.8. The van der Waals surface area contributed by atoms with Gasteiger partial charge in [0, 0.05) is 0 Å². The molecule has 0 saturated heterocycles. The number of benzene rings is 1. The third kappa shape index (κ3) is 2.35. The van der Waals surface area contributed by atoms with E-state index in [1.165, 1.54) is 9.78 Å². The summed E-state index contributed by atoms with van der Waals surface area (Å²) in [7, 11) is 0. The van der Waals surface area contributed by atoms with Crippen LogP contribution in [0.1, 0.15) is 23.0 Å². The first kappa shape index (κ1) is 17.2. The van der Waals surface area contributed by atoms with Crippen molar-refractivity contribution in [2.45, 2.75) is 20.4 Å². The number of ketones is 1. The van der Waals surface area contributed by atoms with E-state index in [9.17, 15) is 9.90 Å². The summed E-state index contributed by atoms with van der Waals surface area (Å²) in [5.41, 5.74) is 3.27. The van der Waals surface area contributed by atoms with Gasteiger partial charge in [0.05, 0.1) is 0 Å². The molecule has 0 amide bonds. The van der Waals surface area contributed by atoms with Gasteiger partial charge >= 0.3 is 168 Å². The Morgan fingerprint density at radius 2 is 2.00 bits per heavy atom. The van der Waals surface area contributed by atoms with Gasteiger partial charge in [0.2, 0.25) is 0 Å². The number of aliphatic hydroxyl groups is 1. The number of nitrogens with zero attached hydrogens (tertiary/aromatic N) is 3. The van der Waals surface area contributed by atoms with E-state index in [-0.39, 0.29) is 26.0 Å². The van der Waals surface area contributed by atoms with Gasteiger partial charge in [-0.1, -0.05) is 0 Å². The van der Waals surface area contributed by atoms with E-state index in [2.05, 4.69) is 28.6 Å². The molecule has 5 rings (SSSR count). The molecular formula is C22H18N3O2Se+. The van der Waals surface area contributed by atoms with Crippen LogP contribution in [-0.2, 0) is 11.3 Å². The number of aromatic nitrogens is 3. The molecule has 0 unspecified atom stereocenters. The Hall–Kier alpha value is -2.95. The number of carbonyl (C=O) groups excluding carboxylic acids is 1. The van der Waals surface area contributed by atoms with Gasteiger partial charge in [-0.2, -0.15) is 0 Å². The summed E-state index contributed by atoms with van der Waals surface area (Å²) in [4.78, 5) is 17.4. The summed E-state index contributed by atoms with van der Waals surface area (Å²) in [6.07, 6.45) is 3.77. The van der Waals surface area contributed by atoms with Crippen LogP contribution in [0.15, 0.2) is 60.0 Å². The zero-order valence-corrected chi connectivity index (χ0v) is 17.2. The number of hydrogen-bond donors (Lipinski definition) is 1. The minimum atomic E-state index is -0.142. The van der Waals surface area contributed by atoms with Crippen molar-refractivity contribution >= 4 is 47.2 Å². The van der Waals surface area contributed by atoms with E-state index in [0.717, 1.165) is 22.5 Å². The van der Waals surface area contributed by atoms with Gasteiger partial charge in [0.15, 0.2) is 0 Å². The van der Waals surface area contributed by atoms with Crippen LogP contribution in [0.3, 0.4) is 0 Å². The second-order valence-electron chi connectivity index (χ2n) is 6.73. The van der Waals surface area contributed by atoms with Gasteiger partial charge in [0.25, 0.3) is 0 Å². The Balaban J connectivity index is 1.64. The first-order valence-corrected chi connectivity index (χ1v) is 10.9. The van der Waals surface area contributed by atoms with Crippen molar-refractivity contribution in [2.24, 2.45) is 0 Å². The van der Waals surface area contributed by atoms with Crippen molar-refractivity contribution in [1.29, 1.82) is 0 Å². The van der Waals surface area contributed by atoms with E-state index in [1.807, 2.05) is 53.9 Å². The van der Waals surface area contributed by atoms with Crippen LogP contribution in [0.2, 0.25) is 0 Å². The number of imidazole rings is 1. The Bertz CT molecular complexity index is 1340. The van der Waals surface area contributed by atoms with Crippen LogP contribution in [0.5, 0.6) is 0 Å². The average molecular weight is 435 g/mol. The summed E-state index contributed by atoms with van der Waals surface area (Å²) < 4.78 is 6.54. The van der Waals surface area contributed by atoms with E-state index < -0.39 is 0 Å². The molecule has 0 atom stereocenters. The second-order valence-corrected chi connectivity index (χ2v) is 8.96. The number of rotatable bonds is 3. The van der Waals surface area contributed by atoms with Gasteiger partial charge < -0.3 is 0 Å². The average Bonchev–Trinajstić information content (AvgIpc) is 3.24. The zero-order valence-electron chi connectivity index (χ0n) is 15.5. The van der Waals surface area contributed by atoms with Gasteiger partial charge in [0.1, 0.15) is 0 Å². The van der Waals surface area contributed by atoms with Gasteiger partial charge in [-0.15, -0.1) is 0 Å². The number of aliphatic hydroxyl groups excluding tert-OH is 1. The molecule has 0 spiro atoms. The number of hydrogen-bond acceptors (Lipinski definition) is 3. The molecule has 3 heterocycles. The summed E-state index contributed by atoms with van der Waals surface area (Å²) in [5.74, 6) is 0.693. The topological polar surface area (TPSA) is 58.5 Å². The monoisotopic (exact) mass is 436 g/mol. The fraction of sp³-hybridized carbons (Fsp3) is 0.136. The van der Waals surface area contributed by atoms with Crippen LogP contribution in [0.4, 0.5) is 0 Å². The molecule has 1 N–H and O–H groups in total. The van der Waals surface area contributed by atoms with E-state index in [1.54, 1.807) is 0 Å². The summed E-state index contributed by atoms with van der Waals surface area (Å²) in [6, 6.07) is 14.1. The molecule has 0 fully saturated rings. The molecule has 1 aliphatic rings. The Kier molecular flexibility index (Phi) is 3.86. The van der Waals surface area contributed by atoms with Gasteiger partial charge in [-0.05, 0) is 0 Å². The first-order valence-electron chi connectivity index (χ1n) is 9.15. The van der Waals surface area contributed by atoms with Crippen LogP contribution < -0.4 is 4.57 Å². The summed E-state index contributed by atoms with van der Waals surface area (Å²) in [6.45, 7) is 4.82. The van der Waals surface area contributed by atoms with Gasteiger partial charge in [-0.3, -0.25) is 0 Å². The summed E-state index contributed by atoms with van der Waals surface area (Å²) in [5, 5.41) is 10.7. The molecule has 138 valence electrons. The number of carbonyl (C=O) groups is 1. The van der Waals surface area contributed by atoms with Crippen molar-refractivity contribution in [3.63, 3.8) is 0 Å². The molecular weight excluding hydrogens is 417 g/mol. The van der Waals surface area contributed by atoms with Crippen molar-refractivity contribution < 1.29 is 14.5 Å². The molecule has 1 aromatic carbocycles. The number of fused-ring (bicyclic) bond motifs is 2. The number of aryl methyl sites for hydroxylation is 2. The molecule has 6 heteroatoms. The van der Waals surface area contributed by atoms with Crippen molar-refractivity contribution in [2.75, 3.05) is 0 Å². The standard InChI is InChI=1S/C22H17N3O2Se/c1-3-24-15-8-4-5-10-17(15)28-18(24)12-14-21(26)19(22(14)27)20-16-9-6-7-11-25(16)13(2)23-20/h4-12H,3H2,1-2H3/p+1. The number of allylic oxidation sites excluding steroid dienone is 2. The van der Waals surface area contributed by atoms with E-state index in [0.29, 0.717) is 16.8 Å². The SMILES string of the molecule is CC[n+]1c(C=C2C(=O)C(c3nc(C)n4ccccc34)=C2O)[se]c2ccccc21. The number of para-hydroxylation sites is 1. The molecule has 0 radical (unpaired) electrons. The molecule has 4 aromatic rings. The molecule has 0 saturated carbocycles. The second kappa shape index (κ2) is 6.30. The summed E-state index contributed by atoms with van der Waals surface area (Å²) >= 11 is 0.119. The minimum absolute atomic E-state index is 0.0455. The predicted molar refractivity (Wildman–Crippen MR) is 109 cm³/mol. The third-order valence-corrected chi connectivity index (χ3v) is 7.48. The fourth-order valence-electron chi connectivity index (χ4n) is 3.76. The fourth-order valence-corrected chi connectivity index (χ4v) is 6.21. The molecule has 0 bridgehead atoms. The van der Waals surface area contributed by atoms with Crippen molar-refractivity contribution in [1.82, 2.24) is 9.38 Å². The Morgan fingerprint density at radius 3 is 2.79 bits per heavy atom. The first-order chi connectivity index (χ1) is 13.6. The number of pyridine rings is 1. The molecule has 3 aromatic heterocycles. The van der Waals surface area contributed by atoms with Crippen LogP contribution in [0.25, 0.3) is 26.9 Å². The van der Waals surface area contributed by atoms with Crippen LogP contribution in [0, 0.1) is 6.92 Å². The van der Waals surface area contributed by atoms with Crippen LogP contribution >= 0.6 is 0 Å². The van der Waals surface area contributed by atoms with Gasteiger partial charge in [-0.25, -0.2) is 0 Å². The molecule has 1 aliphatic carbocycles.